The number of fused-ring (bicyclic) bond motifs is 1. The molecule has 0 fully saturated rings. The summed E-state index contributed by atoms with van der Waals surface area (Å²) in [5.41, 5.74) is 5.86. The van der Waals surface area contributed by atoms with Crippen molar-refractivity contribution >= 4 is 11.3 Å². The molecule has 0 bridgehead atoms. The first-order valence-corrected chi connectivity index (χ1v) is 8.93. The zero-order valence-corrected chi connectivity index (χ0v) is 14.1. The third-order valence-electron chi connectivity index (χ3n) is 4.67. The van der Waals surface area contributed by atoms with Gasteiger partial charge in [-0.05, 0) is 74.4 Å². The maximum atomic E-state index is 3.70. The zero-order valence-electron chi connectivity index (χ0n) is 13.3. The molecule has 0 saturated heterocycles. The van der Waals surface area contributed by atoms with E-state index >= 15 is 0 Å². The highest BCUT2D eigenvalue weighted by atomic mass is 32.1. The van der Waals surface area contributed by atoms with Gasteiger partial charge in [0.25, 0.3) is 0 Å². The molecule has 1 N–H and O–H groups in total. The summed E-state index contributed by atoms with van der Waals surface area (Å²) in [7, 11) is 0. The van der Waals surface area contributed by atoms with Crippen molar-refractivity contribution in [3.8, 4) is 0 Å². The molecule has 1 aromatic carbocycles. The fourth-order valence-electron chi connectivity index (χ4n) is 3.31. The summed E-state index contributed by atoms with van der Waals surface area (Å²) in [5, 5.41) is 3.70. The van der Waals surface area contributed by atoms with Gasteiger partial charge in [0.2, 0.25) is 0 Å². The van der Waals surface area contributed by atoms with Crippen molar-refractivity contribution < 1.29 is 0 Å². The topological polar surface area (TPSA) is 12.0 Å². The van der Waals surface area contributed by atoms with Gasteiger partial charge in [0.15, 0.2) is 0 Å². The van der Waals surface area contributed by atoms with Gasteiger partial charge in [0.1, 0.15) is 0 Å². The van der Waals surface area contributed by atoms with Gasteiger partial charge in [-0.2, -0.15) is 0 Å². The largest absolute Gasteiger partial charge is 0.306 e. The molecule has 1 nitrogen and oxygen atoms in total. The predicted molar refractivity (Wildman–Crippen MR) is 92.4 cm³/mol. The van der Waals surface area contributed by atoms with E-state index in [1.807, 2.05) is 11.3 Å². The van der Waals surface area contributed by atoms with E-state index in [0.29, 0.717) is 6.04 Å². The van der Waals surface area contributed by atoms with Crippen molar-refractivity contribution in [1.82, 2.24) is 5.32 Å². The summed E-state index contributed by atoms with van der Waals surface area (Å²) in [6.07, 6.45) is 5.28. The van der Waals surface area contributed by atoms with Crippen molar-refractivity contribution in [1.29, 1.82) is 0 Å². The minimum atomic E-state index is 0.352. The van der Waals surface area contributed by atoms with E-state index in [-0.39, 0.29) is 0 Å². The van der Waals surface area contributed by atoms with E-state index in [9.17, 15) is 0 Å². The molecular weight excluding hydrogens is 274 g/mol. The second kappa shape index (κ2) is 6.33. The summed E-state index contributed by atoms with van der Waals surface area (Å²) >= 11 is 2.03. The molecule has 0 saturated carbocycles. The maximum Gasteiger partial charge on any atom is 0.0673 e. The molecule has 2 heteroatoms. The molecule has 21 heavy (non-hydrogen) atoms. The van der Waals surface area contributed by atoms with E-state index in [0.717, 1.165) is 6.54 Å². The molecule has 1 aromatic heterocycles. The van der Waals surface area contributed by atoms with Crippen LogP contribution in [0.1, 0.15) is 57.8 Å². The molecule has 1 unspecified atom stereocenters. The van der Waals surface area contributed by atoms with Gasteiger partial charge in [-0.15, -0.1) is 11.3 Å². The Labute approximate surface area is 132 Å². The van der Waals surface area contributed by atoms with Crippen LogP contribution in [0, 0.1) is 13.8 Å². The van der Waals surface area contributed by atoms with E-state index in [1.54, 1.807) is 10.4 Å². The summed E-state index contributed by atoms with van der Waals surface area (Å²) in [6.45, 7) is 7.66. The number of thiophene rings is 1. The van der Waals surface area contributed by atoms with E-state index in [4.69, 9.17) is 0 Å². The van der Waals surface area contributed by atoms with Gasteiger partial charge in [0.05, 0.1) is 6.04 Å². The molecule has 1 atom stereocenters. The molecule has 1 heterocycles. The Morgan fingerprint density at radius 3 is 2.76 bits per heavy atom. The third-order valence-corrected chi connectivity index (χ3v) is 5.97. The van der Waals surface area contributed by atoms with E-state index in [2.05, 4.69) is 50.4 Å². The van der Waals surface area contributed by atoms with Crippen molar-refractivity contribution in [3.05, 3.63) is 56.3 Å². The number of rotatable bonds is 4. The lowest BCUT2D eigenvalue weighted by Crippen LogP contribution is -2.22. The fraction of sp³-hybridized carbons (Fsp3) is 0.474. The lowest BCUT2D eigenvalue weighted by atomic mass is 9.94. The van der Waals surface area contributed by atoms with Gasteiger partial charge in [-0.25, -0.2) is 0 Å². The van der Waals surface area contributed by atoms with Crippen LogP contribution in [0.15, 0.2) is 24.3 Å². The molecule has 3 rings (SSSR count). The molecule has 0 amide bonds. The first kappa shape index (κ1) is 14.8. The lowest BCUT2D eigenvalue weighted by molar-refractivity contribution is 0.635. The summed E-state index contributed by atoms with van der Waals surface area (Å²) in [5.74, 6) is 0. The van der Waals surface area contributed by atoms with Gasteiger partial charge in [-0.1, -0.05) is 25.1 Å². The first-order valence-electron chi connectivity index (χ1n) is 8.11. The smallest absolute Gasteiger partial charge is 0.0673 e. The molecular formula is C19H25NS. The van der Waals surface area contributed by atoms with Crippen LogP contribution in [-0.4, -0.2) is 6.54 Å². The second-order valence-electron chi connectivity index (χ2n) is 6.08. The maximum absolute atomic E-state index is 3.70. The van der Waals surface area contributed by atoms with Crippen LogP contribution in [0.2, 0.25) is 0 Å². The van der Waals surface area contributed by atoms with Crippen LogP contribution in [-0.2, 0) is 12.8 Å². The van der Waals surface area contributed by atoms with Crippen molar-refractivity contribution in [2.45, 2.75) is 52.5 Å². The van der Waals surface area contributed by atoms with Crippen LogP contribution in [0.5, 0.6) is 0 Å². The minimum absolute atomic E-state index is 0.352. The highest BCUT2D eigenvalue weighted by molar-refractivity contribution is 7.12. The molecule has 0 spiro atoms. The minimum Gasteiger partial charge on any atom is -0.306 e. The molecule has 0 radical (unpaired) electrons. The Hall–Kier alpha value is -1.12. The number of nitrogens with one attached hydrogen (secondary N) is 1. The normalized spacial score (nSPS) is 15.8. The quantitative estimate of drug-likeness (QED) is 0.843. The molecule has 112 valence electrons. The van der Waals surface area contributed by atoms with Crippen molar-refractivity contribution in [2.75, 3.05) is 6.54 Å². The van der Waals surface area contributed by atoms with Crippen LogP contribution in [0.3, 0.4) is 0 Å². The Morgan fingerprint density at radius 1 is 1.19 bits per heavy atom. The molecule has 1 aliphatic rings. The zero-order chi connectivity index (χ0) is 14.8. The van der Waals surface area contributed by atoms with Crippen LogP contribution in [0.4, 0.5) is 0 Å². The summed E-state index contributed by atoms with van der Waals surface area (Å²) in [6, 6.07) is 9.50. The SMILES string of the molecule is CCNC(c1cc2c(s1)CCCC2)c1cccc(C)c1C. The summed E-state index contributed by atoms with van der Waals surface area (Å²) < 4.78 is 0. The Balaban J connectivity index is 2.01. The van der Waals surface area contributed by atoms with Gasteiger partial charge in [0, 0.05) is 9.75 Å². The first-order chi connectivity index (χ1) is 10.2. The Bertz CT molecular complexity index is 603. The van der Waals surface area contributed by atoms with Crippen LogP contribution in [0.25, 0.3) is 0 Å². The number of aryl methyl sites for hydroxylation is 3. The second-order valence-corrected chi connectivity index (χ2v) is 7.25. The Kier molecular flexibility index (Phi) is 4.46. The molecule has 1 aliphatic carbocycles. The highest BCUT2D eigenvalue weighted by Gasteiger charge is 2.21. The average molecular weight is 299 g/mol. The monoisotopic (exact) mass is 299 g/mol. The number of benzene rings is 1. The van der Waals surface area contributed by atoms with E-state index < -0.39 is 0 Å². The third kappa shape index (κ3) is 2.93. The van der Waals surface area contributed by atoms with Gasteiger partial charge >= 0.3 is 0 Å². The average Bonchev–Trinajstić information content (AvgIpc) is 2.91. The molecule has 0 aliphatic heterocycles. The predicted octanol–water partition coefficient (Wildman–Crippen LogP) is 4.94. The standard InChI is InChI=1S/C19H25NS/c1-4-20-19(16-10-7-8-13(2)14(16)3)18-12-15-9-5-6-11-17(15)21-18/h7-8,10,12,19-20H,4-6,9,11H2,1-3H3. The van der Waals surface area contributed by atoms with Gasteiger partial charge in [-0.3, -0.25) is 0 Å². The van der Waals surface area contributed by atoms with Crippen LogP contribution < -0.4 is 5.32 Å². The van der Waals surface area contributed by atoms with E-state index in [1.165, 1.54) is 47.3 Å². The highest BCUT2D eigenvalue weighted by Crippen LogP contribution is 2.36. The van der Waals surface area contributed by atoms with Gasteiger partial charge < -0.3 is 5.32 Å². The number of hydrogen-bond acceptors (Lipinski definition) is 2. The fourth-order valence-corrected chi connectivity index (χ4v) is 4.66. The van der Waals surface area contributed by atoms with Crippen molar-refractivity contribution in [3.63, 3.8) is 0 Å². The summed E-state index contributed by atoms with van der Waals surface area (Å²) in [4.78, 5) is 3.13. The Morgan fingerprint density at radius 2 is 2.00 bits per heavy atom. The molecule has 2 aromatic rings. The van der Waals surface area contributed by atoms with Crippen molar-refractivity contribution in [2.24, 2.45) is 0 Å². The van der Waals surface area contributed by atoms with Crippen LogP contribution >= 0.6 is 11.3 Å². The lowest BCUT2D eigenvalue weighted by Gasteiger charge is -2.20. The number of hydrogen-bond donors (Lipinski definition) is 1.